The molecule has 0 aromatic rings. The first-order chi connectivity index (χ1) is 0. The van der Waals surface area contributed by atoms with Crippen LogP contribution in [0, 0.1) is 0 Å². The monoisotopic (exact) mass is 266 g/mol. The second-order valence-corrected chi connectivity index (χ2v) is 0. The van der Waals surface area contributed by atoms with Crippen molar-refractivity contribution in [1.29, 1.82) is 0 Å². The van der Waals surface area contributed by atoms with Crippen LogP contribution in [-0.2, 0) is 11.0 Å². The summed E-state index contributed by atoms with van der Waals surface area (Å²) in [5.41, 5.74) is 0. The molecule has 1 atom stereocenters. The quantitative estimate of drug-likeness (QED) is 0.367. The molecule has 0 aromatic heterocycles. The molecule has 0 fully saturated rings. The van der Waals surface area contributed by atoms with E-state index >= 15 is 0 Å². The van der Waals surface area contributed by atoms with Crippen LogP contribution in [-0.4, -0.2) is 77.2 Å². The maximum Gasteiger partial charge on any atom is 3.00 e. The van der Waals surface area contributed by atoms with E-state index in [1.54, 1.807) is 0 Å². The fraction of sp³-hybridized carbons (Fsp3) is 0. The van der Waals surface area contributed by atoms with Gasteiger partial charge in [-0.15, -0.1) is 0 Å². The molecule has 7 heteroatoms. The van der Waals surface area contributed by atoms with Crippen LogP contribution in [0.2, 0.25) is 0 Å². The zero-order valence-corrected chi connectivity index (χ0v) is 10.8. The molecular formula is H6AlBaO4P. The van der Waals surface area contributed by atoms with Gasteiger partial charge >= 0.3 is 66.2 Å². The fourth-order valence-electron chi connectivity index (χ4n) is 0. The Balaban J connectivity index is 0. The molecule has 4 nitrogen and oxygen atoms in total. The van der Waals surface area contributed by atoms with E-state index in [9.17, 15) is 0 Å². The molecule has 0 amide bonds. The number of hydrogen-bond acceptors (Lipinski definition) is 1. The molecule has 0 bridgehead atoms. The Morgan fingerprint density at radius 2 is 0.857 bits per heavy atom. The van der Waals surface area contributed by atoms with Gasteiger partial charge in [0.2, 0.25) is 0 Å². The number of hydrogen-bond donors (Lipinski definition) is 0. The summed E-state index contributed by atoms with van der Waals surface area (Å²) in [5.74, 6) is 0. The second-order valence-electron chi connectivity index (χ2n) is 0. The van der Waals surface area contributed by atoms with Gasteiger partial charge in [0.05, 0.1) is 0 Å². The molecular weight excluding hydrogens is 259 g/mol. The van der Waals surface area contributed by atoms with Crippen LogP contribution >= 0.6 is 9.90 Å². The van der Waals surface area contributed by atoms with E-state index in [-0.39, 0.29) is 98.0 Å². The molecule has 0 radical (unpaired) electrons. The summed E-state index contributed by atoms with van der Waals surface area (Å²) in [4.78, 5) is 0. The normalized spacial score (nSPS) is 0. The van der Waals surface area contributed by atoms with Gasteiger partial charge in [-0.25, -0.2) is 0 Å². The first kappa shape index (κ1) is 117. The summed E-state index contributed by atoms with van der Waals surface area (Å²) in [6.45, 7) is 0. The molecule has 1 unspecified atom stereocenters. The maximum absolute atomic E-state index is 0. The van der Waals surface area contributed by atoms with Gasteiger partial charge in [0, 0.05) is 0 Å². The predicted octanol–water partition coefficient (Wildman–Crippen LogP) is -1.94. The summed E-state index contributed by atoms with van der Waals surface area (Å²) < 4.78 is 0. The molecule has 0 spiro atoms. The van der Waals surface area contributed by atoms with Crippen molar-refractivity contribution in [3.05, 3.63) is 0 Å². The molecule has 0 saturated heterocycles. The minimum Gasteiger partial charge on any atom is -2.00 e. The minimum absolute atomic E-state index is 0. The van der Waals surface area contributed by atoms with Gasteiger partial charge in [-0.3, -0.25) is 0 Å². The molecule has 0 rings (SSSR count). The largest absolute Gasteiger partial charge is 3.00 e. The van der Waals surface area contributed by atoms with Crippen LogP contribution in [0.1, 0.15) is 0 Å². The third-order valence-electron chi connectivity index (χ3n) is 0. The Morgan fingerprint density at radius 3 is 0.857 bits per heavy atom. The van der Waals surface area contributed by atoms with Crippen molar-refractivity contribution in [2.45, 2.75) is 0 Å². The molecule has 0 aromatic carbocycles. The molecule has 0 heterocycles. The first-order valence-electron chi connectivity index (χ1n) is 0. The minimum atomic E-state index is 0. The van der Waals surface area contributed by atoms with Crippen molar-refractivity contribution < 1.29 is 21.9 Å². The van der Waals surface area contributed by atoms with Crippen LogP contribution in [0.5, 0.6) is 0 Å². The van der Waals surface area contributed by atoms with Gasteiger partial charge in [-0.2, -0.15) is 9.90 Å². The summed E-state index contributed by atoms with van der Waals surface area (Å²) in [5, 5.41) is 0. The Labute approximate surface area is 96.5 Å². The molecule has 40 valence electrons. The third-order valence-corrected chi connectivity index (χ3v) is 0. The Morgan fingerprint density at radius 1 is 0.857 bits per heavy atom. The SMILES string of the molecule is O.P.[Al+3].[Ba+2].[O-2].[O-2].[OH-]. The average molecular weight is 265 g/mol. The predicted molar refractivity (Wildman–Crippen MR) is 29.5 cm³/mol. The van der Waals surface area contributed by atoms with Crippen molar-refractivity contribution in [3.63, 3.8) is 0 Å². The number of rotatable bonds is 0. The Kier molecular flexibility index (Phi) is 1350. The van der Waals surface area contributed by atoms with Crippen molar-refractivity contribution in [3.8, 4) is 0 Å². The van der Waals surface area contributed by atoms with E-state index in [4.69, 9.17) is 0 Å². The molecule has 0 aliphatic carbocycles. The molecule has 0 aliphatic rings. The fourth-order valence-corrected chi connectivity index (χ4v) is 0. The summed E-state index contributed by atoms with van der Waals surface area (Å²) in [6, 6.07) is 0. The average Bonchev–Trinajstić information content (AvgIpc) is 0. The van der Waals surface area contributed by atoms with Crippen LogP contribution in [0.4, 0.5) is 0 Å². The summed E-state index contributed by atoms with van der Waals surface area (Å²) >= 11 is 0. The van der Waals surface area contributed by atoms with Crippen LogP contribution in [0.15, 0.2) is 0 Å². The van der Waals surface area contributed by atoms with Gasteiger partial charge < -0.3 is 21.9 Å². The van der Waals surface area contributed by atoms with Gasteiger partial charge in [-0.05, 0) is 0 Å². The zero-order valence-electron chi connectivity index (χ0n) is 3.76. The van der Waals surface area contributed by atoms with Crippen molar-refractivity contribution >= 4 is 76.1 Å². The Bertz CT molecular complexity index is 11.7. The van der Waals surface area contributed by atoms with E-state index in [1.807, 2.05) is 0 Å². The molecule has 7 heavy (non-hydrogen) atoms. The van der Waals surface area contributed by atoms with Crippen molar-refractivity contribution in [2.24, 2.45) is 0 Å². The smallest absolute Gasteiger partial charge is 2.00 e. The third kappa shape index (κ3) is 60.4. The van der Waals surface area contributed by atoms with E-state index < -0.39 is 0 Å². The molecule has 3 N–H and O–H groups in total. The summed E-state index contributed by atoms with van der Waals surface area (Å²) in [6.07, 6.45) is 0. The van der Waals surface area contributed by atoms with E-state index in [0.717, 1.165) is 0 Å². The van der Waals surface area contributed by atoms with E-state index in [1.165, 1.54) is 0 Å². The topological polar surface area (TPSA) is 118 Å². The van der Waals surface area contributed by atoms with E-state index in [0.29, 0.717) is 0 Å². The zero-order chi connectivity index (χ0) is 0. The van der Waals surface area contributed by atoms with Gasteiger partial charge in [0.25, 0.3) is 0 Å². The van der Waals surface area contributed by atoms with Gasteiger partial charge in [-0.1, -0.05) is 0 Å². The standard InChI is InChI=1S/Al.Ba.2H2O.2O.H3P/h;;2*1H2;;;1H3/q+3;+2;;;2*-2;/p-1. The van der Waals surface area contributed by atoms with Gasteiger partial charge in [0.1, 0.15) is 0 Å². The molecule has 0 saturated carbocycles. The Hall–Kier alpha value is 2.37. The van der Waals surface area contributed by atoms with Crippen molar-refractivity contribution in [1.82, 2.24) is 0 Å². The first-order valence-corrected chi connectivity index (χ1v) is 0. The molecule has 0 aliphatic heterocycles. The van der Waals surface area contributed by atoms with Crippen LogP contribution in [0.3, 0.4) is 0 Å². The second kappa shape index (κ2) is 80.8. The summed E-state index contributed by atoms with van der Waals surface area (Å²) in [7, 11) is 0. The van der Waals surface area contributed by atoms with E-state index in [2.05, 4.69) is 0 Å². The van der Waals surface area contributed by atoms with Gasteiger partial charge in [0.15, 0.2) is 0 Å². The maximum atomic E-state index is 0. The van der Waals surface area contributed by atoms with Crippen LogP contribution < -0.4 is 0 Å². The van der Waals surface area contributed by atoms with Crippen molar-refractivity contribution in [2.75, 3.05) is 0 Å². The van der Waals surface area contributed by atoms with Crippen LogP contribution in [0.25, 0.3) is 0 Å².